The minimum Gasteiger partial charge on any atom is -0.322 e. The van der Waals surface area contributed by atoms with E-state index in [0.717, 1.165) is 5.01 Å². The first-order valence-corrected chi connectivity index (χ1v) is 9.01. The molecular formula is C19H16FN7O3. The van der Waals surface area contributed by atoms with E-state index in [9.17, 15) is 18.8 Å². The Balaban J connectivity index is 1.51. The molecule has 152 valence electrons. The molecule has 0 spiro atoms. The third-order valence-corrected chi connectivity index (χ3v) is 4.50. The number of aryl methyl sites for hydroxylation is 1. The summed E-state index contributed by atoms with van der Waals surface area (Å²) in [6.45, 7) is 1.63. The van der Waals surface area contributed by atoms with Gasteiger partial charge in [-0.15, -0.1) is 5.10 Å². The van der Waals surface area contributed by atoms with E-state index in [4.69, 9.17) is 0 Å². The lowest BCUT2D eigenvalue weighted by Crippen LogP contribution is -2.50. The summed E-state index contributed by atoms with van der Waals surface area (Å²) in [5.41, 5.74) is 3.71. The smallest absolute Gasteiger partial charge is 0.255 e. The molecule has 11 heteroatoms. The summed E-state index contributed by atoms with van der Waals surface area (Å²) < 4.78 is 15.4. The first-order chi connectivity index (χ1) is 14.4. The molecule has 0 radical (unpaired) electrons. The van der Waals surface area contributed by atoms with Crippen molar-refractivity contribution < 1.29 is 18.8 Å². The van der Waals surface area contributed by atoms with Crippen molar-refractivity contribution >= 4 is 29.1 Å². The van der Waals surface area contributed by atoms with Gasteiger partial charge in [-0.05, 0) is 59.8 Å². The minimum absolute atomic E-state index is 0.102. The van der Waals surface area contributed by atoms with E-state index in [2.05, 4.69) is 26.3 Å². The van der Waals surface area contributed by atoms with Crippen LogP contribution in [-0.4, -0.2) is 37.9 Å². The molecule has 2 N–H and O–H groups in total. The number of nitrogens with one attached hydrogen (secondary N) is 2. The minimum atomic E-state index is -0.541. The lowest BCUT2D eigenvalue weighted by molar-refractivity contribution is -0.130. The molecule has 0 bridgehead atoms. The Labute approximate surface area is 169 Å². The predicted octanol–water partition coefficient (Wildman–Crippen LogP) is 1.52. The zero-order valence-corrected chi connectivity index (χ0v) is 15.8. The van der Waals surface area contributed by atoms with Gasteiger partial charge in [-0.1, -0.05) is 0 Å². The van der Waals surface area contributed by atoms with Gasteiger partial charge in [-0.25, -0.2) is 9.40 Å². The van der Waals surface area contributed by atoms with E-state index in [0.29, 0.717) is 22.8 Å². The number of carbonyl (C=O) groups excluding carboxylic acids is 3. The van der Waals surface area contributed by atoms with Crippen LogP contribution in [0.1, 0.15) is 29.0 Å². The molecule has 1 fully saturated rings. The zero-order chi connectivity index (χ0) is 21.3. The molecule has 0 unspecified atom stereocenters. The first-order valence-electron chi connectivity index (χ1n) is 9.01. The van der Waals surface area contributed by atoms with Gasteiger partial charge >= 0.3 is 0 Å². The number of halogens is 1. The predicted molar refractivity (Wildman–Crippen MR) is 103 cm³/mol. The van der Waals surface area contributed by atoms with Gasteiger partial charge < -0.3 is 5.32 Å². The van der Waals surface area contributed by atoms with Gasteiger partial charge in [0.05, 0.1) is 5.69 Å². The zero-order valence-electron chi connectivity index (χ0n) is 15.8. The Hall–Kier alpha value is -4.15. The van der Waals surface area contributed by atoms with Crippen molar-refractivity contribution in [2.45, 2.75) is 19.8 Å². The van der Waals surface area contributed by atoms with Crippen LogP contribution in [0.2, 0.25) is 0 Å². The molecule has 0 saturated carbocycles. The molecule has 2 aromatic carbocycles. The number of tetrazole rings is 1. The largest absolute Gasteiger partial charge is 0.322 e. The summed E-state index contributed by atoms with van der Waals surface area (Å²) in [6.07, 6.45) is 0.279. The van der Waals surface area contributed by atoms with Crippen molar-refractivity contribution in [3.8, 4) is 5.69 Å². The van der Waals surface area contributed by atoms with Crippen LogP contribution in [-0.2, 0) is 9.59 Å². The number of carbonyl (C=O) groups is 3. The Morgan fingerprint density at radius 2 is 1.90 bits per heavy atom. The normalized spacial score (nSPS) is 13.9. The van der Waals surface area contributed by atoms with Crippen LogP contribution in [0.4, 0.5) is 15.8 Å². The maximum absolute atomic E-state index is 14.2. The fourth-order valence-electron chi connectivity index (χ4n) is 2.96. The molecule has 30 heavy (non-hydrogen) atoms. The Kier molecular flexibility index (Phi) is 4.92. The number of aromatic nitrogens is 4. The molecule has 0 aliphatic carbocycles. The van der Waals surface area contributed by atoms with Gasteiger partial charge in [-0.3, -0.25) is 19.8 Å². The summed E-state index contributed by atoms with van der Waals surface area (Å²) in [5.74, 6) is -1.06. The monoisotopic (exact) mass is 409 g/mol. The molecule has 4 rings (SSSR count). The van der Waals surface area contributed by atoms with Crippen LogP contribution < -0.4 is 15.8 Å². The first kappa shape index (κ1) is 19.2. The van der Waals surface area contributed by atoms with Crippen LogP contribution in [0.3, 0.4) is 0 Å². The summed E-state index contributed by atoms with van der Waals surface area (Å²) >= 11 is 0. The summed E-state index contributed by atoms with van der Waals surface area (Å²) in [6, 6.07) is 10.2. The number of hydrazine groups is 1. The van der Waals surface area contributed by atoms with Gasteiger partial charge in [-0.2, -0.15) is 4.68 Å². The second-order valence-electron chi connectivity index (χ2n) is 6.57. The number of benzene rings is 2. The van der Waals surface area contributed by atoms with Crippen LogP contribution in [0.25, 0.3) is 5.69 Å². The van der Waals surface area contributed by atoms with Crippen molar-refractivity contribution in [1.82, 2.24) is 25.6 Å². The fraction of sp³-hybridized carbons (Fsp3) is 0.158. The molecule has 2 heterocycles. The lowest BCUT2D eigenvalue weighted by atomic mass is 10.1. The molecule has 10 nitrogen and oxygen atoms in total. The highest BCUT2D eigenvalue weighted by Gasteiger charge is 2.24. The van der Waals surface area contributed by atoms with E-state index in [1.54, 1.807) is 19.1 Å². The van der Waals surface area contributed by atoms with Gasteiger partial charge in [0.15, 0.2) is 5.82 Å². The molecule has 0 atom stereocenters. The summed E-state index contributed by atoms with van der Waals surface area (Å²) in [5, 5.41) is 14.8. The topological polar surface area (TPSA) is 122 Å². The third-order valence-electron chi connectivity index (χ3n) is 4.50. The highest BCUT2D eigenvalue weighted by molar-refractivity contribution is 6.05. The highest BCUT2D eigenvalue weighted by Crippen LogP contribution is 2.21. The molecule has 1 aromatic heterocycles. The van der Waals surface area contributed by atoms with Gasteiger partial charge in [0.2, 0.25) is 11.8 Å². The van der Waals surface area contributed by atoms with Crippen LogP contribution in [0.5, 0.6) is 0 Å². The molecule has 3 aromatic rings. The summed E-state index contributed by atoms with van der Waals surface area (Å²) in [7, 11) is 0. The highest BCUT2D eigenvalue weighted by atomic mass is 19.1. The lowest BCUT2D eigenvalue weighted by Gasteiger charge is -2.27. The maximum Gasteiger partial charge on any atom is 0.255 e. The average molecular weight is 409 g/mol. The van der Waals surface area contributed by atoms with Crippen molar-refractivity contribution in [2.75, 3.05) is 10.3 Å². The molecular weight excluding hydrogens is 393 g/mol. The van der Waals surface area contributed by atoms with Gasteiger partial charge in [0, 0.05) is 24.1 Å². The van der Waals surface area contributed by atoms with E-state index in [1.807, 2.05) is 0 Å². The van der Waals surface area contributed by atoms with Crippen molar-refractivity contribution in [1.29, 1.82) is 0 Å². The van der Waals surface area contributed by atoms with E-state index in [1.165, 1.54) is 35.0 Å². The fourth-order valence-corrected chi connectivity index (χ4v) is 2.96. The van der Waals surface area contributed by atoms with Crippen LogP contribution >= 0.6 is 0 Å². The number of nitrogens with zero attached hydrogens (tertiary/aromatic N) is 5. The van der Waals surface area contributed by atoms with E-state index in [-0.39, 0.29) is 30.3 Å². The van der Waals surface area contributed by atoms with Crippen LogP contribution in [0, 0.1) is 12.7 Å². The van der Waals surface area contributed by atoms with E-state index < -0.39 is 11.7 Å². The summed E-state index contributed by atoms with van der Waals surface area (Å²) in [4.78, 5) is 36.1. The Morgan fingerprint density at radius 3 is 2.60 bits per heavy atom. The van der Waals surface area contributed by atoms with E-state index >= 15 is 0 Å². The maximum atomic E-state index is 14.2. The standard InChI is InChI=1S/C19H16FN7O3/c1-11-22-24-25-26(11)16-10-13(4-7-15(16)20)21-19(30)12-2-5-14(6-3-12)27-18(29)9-8-17(28)23-27/h2-7,10H,8-9H2,1H3,(H,21,30)(H,23,28). The van der Waals surface area contributed by atoms with Crippen molar-refractivity contribution in [3.63, 3.8) is 0 Å². The second kappa shape index (κ2) is 7.70. The number of amides is 3. The molecule has 3 amide bonds. The average Bonchev–Trinajstić information content (AvgIpc) is 3.17. The van der Waals surface area contributed by atoms with Crippen LogP contribution in [0.15, 0.2) is 42.5 Å². The Morgan fingerprint density at radius 1 is 1.13 bits per heavy atom. The Bertz CT molecular complexity index is 1140. The second-order valence-corrected chi connectivity index (χ2v) is 6.57. The quantitative estimate of drug-likeness (QED) is 0.674. The molecule has 1 saturated heterocycles. The van der Waals surface area contributed by atoms with Crippen molar-refractivity contribution in [2.24, 2.45) is 0 Å². The number of rotatable bonds is 4. The number of hydrogen-bond donors (Lipinski definition) is 2. The third kappa shape index (κ3) is 3.72. The number of anilines is 2. The SMILES string of the molecule is Cc1nnnn1-c1cc(NC(=O)c2ccc(N3NC(=O)CCC3=O)cc2)ccc1F. The van der Waals surface area contributed by atoms with Gasteiger partial charge in [0.25, 0.3) is 5.91 Å². The van der Waals surface area contributed by atoms with Gasteiger partial charge in [0.1, 0.15) is 11.5 Å². The molecule has 1 aliphatic rings. The number of hydrogen-bond acceptors (Lipinski definition) is 6. The van der Waals surface area contributed by atoms with Crippen molar-refractivity contribution in [3.05, 3.63) is 59.7 Å². The molecule has 1 aliphatic heterocycles.